The van der Waals surface area contributed by atoms with Crippen molar-refractivity contribution < 1.29 is 13.2 Å². The van der Waals surface area contributed by atoms with Gasteiger partial charge in [0, 0.05) is 23.9 Å². The normalized spacial score (nSPS) is 20.9. The van der Waals surface area contributed by atoms with Gasteiger partial charge in [-0.1, -0.05) is 17.7 Å². The Labute approximate surface area is 122 Å². The van der Waals surface area contributed by atoms with Crippen LogP contribution in [0, 0.1) is 11.7 Å². The highest BCUT2D eigenvalue weighted by Crippen LogP contribution is 2.38. The average molecular weight is 306 g/mol. The molecule has 1 fully saturated rings. The molecule has 1 aromatic rings. The van der Waals surface area contributed by atoms with Crippen LogP contribution in [0.5, 0.6) is 0 Å². The monoisotopic (exact) mass is 305 g/mol. The van der Waals surface area contributed by atoms with Gasteiger partial charge in [0.2, 0.25) is 5.92 Å². The summed E-state index contributed by atoms with van der Waals surface area (Å²) in [5.74, 6) is -2.67. The maximum atomic E-state index is 13.2. The fourth-order valence-electron chi connectivity index (χ4n) is 2.89. The Balaban J connectivity index is 2.02. The molecule has 0 aromatic heterocycles. The zero-order valence-electron chi connectivity index (χ0n) is 11.4. The standard InChI is InChI=1S/C15H19ClF3N/c1-20-14(10-4-6-15(18,19)7-5-10)8-11-2-3-12(17)9-13(11)16/h2-3,9-10,14,20H,4-8H2,1H3. The van der Waals surface area contributed by atoms with Crippen molar-refractivity contribution in [1.82, 2.24) is 5.32 Å². The summed E-state index contributed by atoms with van der Waals surface area (Å²) in [5.41, 5.74) is 0.852. The third-order valence-corrected chi connectivity index (χ3v) is 4.51. The van der Waals surface area contributed by atoms with Gasteiger partial charge in [-0.05, 0) is 49.9 Å². The Morgan fingerprint density at radius 2 is 2.00 bits per heavy atom. The van der Waals surface area contributed by atoms with Crippen LogP contribution in [0.3, 0.4) is 0 Å². The molecular formula is C15H19ClF3N. The summed E-state index contributed by atoms with van der Waals surface area (Å²) in [7, 11) is 1.83. The number of nitrogens with one attached hydrogen (secondary N) is 1. The van der Waals surface area contributed by atoms with Gasteiger partial charge in [0.15, 0.2) is 0 Å². The number of alkyl halides is 2. The van der Waals surface area contributed by atoms with Gasteiger partial charge >= 0.3 is 0 Å². The molecule has 2 rings (SSSR count). The Kier molecular flexibility index (Phi) is 4.97. The molecule has 0 heterocycles. The van der Waals surface area contributed by atoms with Crippen LogP contribution in [0.1, 0.15) is 31.2 Å². The zero-order chi connectivity index (χ0) is 14.8. The number of likely N-dealkylation sites (N-methyl/N-ethyl adjacent to an activating group) is 1. The first-order chi connectivity index (χ1) is 9.41. The quantitative estimate of drug-likeness (QED) is 0.867. The van der Waals surface area contributed by atoms with Gasteiger partial charge in [-0.2, -0.15) is 0 Å². The Hall–Kier alpha value is -0.740. The third-order valence-electron chi connectivity index (χ3n) is 4.16. The molecule has 20 heavy (non-hydrogen) atoms. The molecule has 1 aliphatic rings. The number of benzene rings is 1. The topological polar surface area (TPSA) is 12.0 Å². The smallest absolute Gasteiger partial charge is 0.248 e. The van der Waals surface area contributed by atoms with Gasteiger partial charge in [-0.3, -0.25) is 0 Å². The van der Waals surface area contributed by atoms with E-state index in [-0.39, 0.29) is 30.6 Å². The van der Waals surface area contributed by atoms with Gasteiger partial charge in [-0.25, -0.2) is 13.2 Å². The molecule has 0 radical (unpaired) electrons. The Morgan fingerprint density at radius 1 is 1.35 bits per heavy atom. The maximum absolute atomic E-state index is 13.2. The van der Waals surface area contributed by atoms with Gasteiger partial charge in [0.25, 0.3) is 0 Å². The lowest BCUT2D eigenvalue weighted by Gasteiger charge is -2.33. The molecule has 0 amide bonds. The van der Waals surface area contributed by atoms with Crippen molar-refractivity contribution in [3.63, 3.8) is 0 Å². The van der Waals surface area contributed by atoms with Crippen molar-refractivity contribution >= 4 is 11.6 Å². The molecule has 0 bridgehead atoms. The first-order valence-corrected chi connectivity index (χ1v) is 7.28. The van der Waals surface area contributed by atoms with E-state index >= 15 is 0 Å². The molecule has 0 spiro atoms. The van der Waals surface area contributed by atoms with E-state index in [1.165, 1.54) is 12.1 Å². The zero-order valence-corrected chi connectivity index (χ0v) is 12.2. The second-order valence-electron chi connectivity index (χ2n) is 5.53. The summed E-state index contributed by atoms with van der Waals surface area (Å²) < 4.78 is 39.4. The summed E-state index contributed by atoms with van der Waals surface area (Å²) in [4.78, 5) is 0. The molecular weight excluding hydrogens is 287 g/mol. The van der Waals surface area contributed by atoms with Crippen molar-refractivity contribution in [2.75, 3.05) is 7.05 Å². The molecule has 112 valence electrons. The van der Waals surface area contributed by atoms with Crippen molar-refractivity contribution in [3.8, 4) is 0 Å². The average Bonchev–Trinajstić information content (AvgIpc) is 2.39. The van der Waals surface area contributed by atoms with E-state index in [4.69, 9.17) is 11.6 Å². The minimum atomic E-state index is -2.51. The van der Waals surface area contributed by atoms with Crippen LogP contribution in [-0.4, -0.2) is 19.0 Å². The van der Waals surface area contributed by atoms with Gasteiger partial charge in [0.1, 0.15) is 5.82 Å². The second kappa shape index (κ2) is 6.35. The number of halogens is 4. The van der Waals surface area contributed by atoms with E-state index < -0.39 is 5.92 Å². The summed E-state index contributed by atoms with van der Waals surface area (Å²) in [6, 6.07) is 4.43. The summed E-state index contributed by atoms with van der Waals surface area (Å²) in [5, 5.41) is 3.59. The highest BCUT2D eigenvalue weighted by molar-refractivity contribution is 6.31. The predicted molar refractivity (Wildman–Crippen MR) is 74.9 cm³/mol. The van der Waals surface area contributed by atoms with Gasteiger partial charge in [-0.15, -0.1) is 0 Å². The number of hydrogen-bond donors (Lipinski definition) is 1. The fourth-order valence-corrected chi connectivity index (χ4v) is 3.14. The summed E-state index contributed by atoms with van der Waals surface area (Å²) in [6.45, 7) is 0. The Bertz CT molecular complexity index is 454. The van der Waals surface area contributed by atoms with E-state index in [0.717, 1.165) is 5.56 Å². The summed E-state index contributed by atoms with van der Waals surface area (Å²) >= 11 is 6.03. The predicted octanol–water partition coefficient (Wildman–Crippen LogP) is 4.44. The van der Waals surface area contributed by atoms with E-state index in [0.29, 0.717) is 24.3 Å². The molecule has 1 nitrogen and oxygen atoms in total. The van der Waals surface area contributed by atoms with Crippen molar-refractivity contribution in [1.29, 1.82) is 0 Å². The number of hydrogen-bond acceptors (Lipinski definition) is 1. The van der Waals surface area contributed by atoms with Crippen molar-refractivity contribution in [2.45, 2.75) is 44.1 Å². The molecule has 0 aliphatic heterocycles. The number of rotatable bonds is 4. The largest absolute Gasteiger partial charge is 0.316 e. The lowest BCUT2D eigenvalue weighted by molar-refractivity contribution is -0.0492. The first-order valence-electron chi connectivity index (χ1n) is 6.90. The molecule has 5 heteroatoms. The summed E-state index contributed by atoms with van der Waals surface area (Å²) in [6.07, 6.45) is 1.56. The van der Waals surface area contributed by atoms with E-state index in [2.05, 4.69) is 5.32 Å². The molecule has 1 unspecified atom stereocenters. The highest BCUT2D eigenvalue weighted by Gasteiger charge is 2.37. The Morgan fingerprint density at radius 3 is 2.55 bits per heavy atom. The second-order valence-corrected chi connectivity index (χ2v) is 5.94. The van der Waals surface area contributed by atoms with Crippen LogP contribution in [0.15, 0.2) is 18.2 Å². The van der Waals surface area contributed by atoms with E-state index in [9.17, 15) is 13.2 Å². The minimum Gasteiger partial charge on any atom is -0.316 e. The van der Waals surface area contributed by atoms with Gasteiger partial charge < -0.3 is 5.32 Å². The van der Waals surface area contributed by atoms with Crippen LogP contribution >= 0.6 is 11.6 Å². The SMILES string of the molecule is CNC(Cc1ccc(F)cc1Cl)C1CCC(F)(F)CC1. The minimum absolute atomic E-state index is 0.0486. The van der Waals surface area contributed by atoms with Gasteiger partial charge in [0.05, 0.1) is 0 Å². The van der Waals surface area contributed by atoms with Crippen molar-refractivity contribution in [2.24, 2.45) is 5.92 Å². The third kappa shape index (κ3) is 3.89. The van der Waals surface area contributed by atoms with Crippen LogP contribution in [0.25, 0.3) is 0 Å². The maximum Gasteiger partial charge on any atom is 0.248 e. The lowest BCUT2D eigenvalue weighted by Crippen LogP contribution is -2.39. The van der Waals surface area contributed by atoms with Crippen molar-refractivity contribution in [3.05, 3.63) is 34.6 Å². The molecule has 1 N–H and O–H groups in total. The lowest BCUT2D eigenvalue weighted by atomic mass is 9.80. The van der Waals surface area contributed by atoms with E-state index in [1.54, 1.807) is 6.07 Å². The van der Waals surface area contributed by atoms with Crippen LogP contribution in [-0.2, 0) is 6.42 Å². The van der Waals surface area contributed by atoms with Crippen LogP contribution in [0.4, 0.5) is 13.2 Å². The first kappa shape index (κ1) is 15.6. The van der Waals surface area contributed by atoms with Crippen LogP contribution in [0.2, 0.25) is 5.02 Å². The molecule has 1 aromatic carbocycles. The molecule has 0 saturated heterocycles. The highest BCUT2D eigenvalue weighted by atomic mass is 35.5. The van der Waals surface area contributed by atoms with E-state index in [1.807, 2.05) is 7.05 Å². The molecule has 1 saturated carbocycles. The molecule has 1 atom stereocenters. The van der Waals surface area contributed by atoms with Crippen LogP contribution < -0.4 is 5.32 Å². The fraction of sp³-hybridized carbons (Fsp3) is 0.600. The molecule has 1 aliphatic carbocycles.